The minimum Gasteiger partial charge on any atom is -0.253 e. The summed E-state index contributed by atoms with van der Waals surface area (Å²) in [5, 5.41) is 1.30. The Hall–Kier alpha value is -1.63. The van der Waals surface area contributed by atoms with Gasteiger partial charge in [-0.25, -0.2) is 0 Å². The third kappa shape index (κ3) is 2.49. The van der Waals surface area contributed by atoms with Crippen LogP contribution in [0.3, 0.4) is 0 Å². The molecule has 1 aliphatic carbocycles. The number of hydrogen-bond acceptors (Lipinski definition) is 1. The number of aromatic nitrogens is 1. The van der Waals surface area contributed by atoms with Crippen molar-refractivity contribution in [1.29, 1.82) is 0 Å². The van der Waals surface area contributed by atoms with Crippen LogP contribution in [0.2, 0.25) is 0 Å². The molecule has 3 rings (SSSR count). The molecule has 0 bridgehead atoms. The zero-order valence-corrected chi connectivity index (χ0v) is 12.7. The monoisotopic (exact) mass is 265 g/mol. The Balaban J connectivity index is 2.08. The number of allylic oxidation sites excluding steroid dienone is 2. The first-order valence-corrected chi connectivity index (χ1v) is 7.71. The molecule has 0 amide bonds. The van der Waals surface area contributed by atoms with Crippen molar-refractivity contribution in [3.63, 3.8) is 0 Å². The van der Waals surface area contributed by atoms with Gasteiger partial charge in [0, 0.05) is 11.1 Å². The molecule has 20 heavy (non-hydrogen) atoms. The predicted octanol–water partition coefficient (Wildman–Crippen LogP) is 5.49. The van der Waals surface area contributed by atoms with Crippen molar-refractivity contribution in [2.24, 2.45) is 0 Å². The number of hydrogen-bond donors (Lipinski definition) is 0. The Bertz CT molecular complexity index is 652. The van der Waals surface area contributed by atoms with Crippen molar-refractivity contribution in [3.05, 3.63) is 53.2 Å². The maximum atomic E-state index is 4.83. The molecule has 0 fully saturated rings. The van der Waals surface area contributed by atoms with Gasteiger partial charge in [0.1, 0.15) is 0 Å². The highest BCUT2D eigenvalue weighted by atomic mass is 14.7. The summed E-state index contributed by atoms with van der Waals surface area (Å²) in [6.07, 6.45) is 8.25. The first-order valence-electron chi connectivity index (χ1n) is 7.71. The van der Waals surface area contributed by atoms with Gasteiger partial charge >= 0.3 is 0 Å². The Morgan fingerprint density at radius 2 is 2.00 bits per heavy atom. The van der Waals surface area contributed by atoms with E-state index in [1.54, 1.807) is 0 Å². The molecule has 0 saturated heterocycles. The van der Waals surface area contributed by atoms with Gasteiger partial charge in [-0.05, 0) is 67.3 Å². The van der Waals surface area contributed by atoms with E-state index in [1.807, 2.05) is 0 Å². The summed E-state index contributed by atoms with van der Waals surface area (Å²) in [7, 11) is 0. The minimum atomic E-state index is 0.571. The first-order chi connectivity index (χ1) is 9.65. The molecule has 1 heteroatoms. The average Bonchev–Trinajstić information content (AvgIpc) is 2.47. The van der Waals surface area contributed by atoms with Crippen LogP contribution >= 0.6 is 0 Å². The highest BCUT2D eigenvalue weighted by molar-refractivity contribution is 5.80. The second-order valence-electron chi connectivity index (χ2n) is 6.25. The van der Waals surface area contributed by atoms with Crippen LogP contribution in [0.1, 0.15) is 61.8 Å². The second kappa shape index (κ2) is 5.40. The number of pyridine rings is 1. The molecule has 104 valence electrons. The van der Waals surface area contributed by atoms with Crippen LogP contribution in [0.15, 0.2) is 36.4 Å². The summed E-state index contributed by atoms with van der Waals surface area (Å²) in [5.41, 5.74) is 5.18. The van der Waals surface area contributed by atoms with Crippen molar-refractivity contribution in [2.75, 3.05) is 0 Å². The third-order valence-corrected chi connectivity index (χ3v) is 4.44. The first kappa shape index (κ1) is 13.4. The van der Waals surface area contributed by atoms with Crippen LogP contribution in [0.5, 0.6) is 0 Å². The summed E-state index contributed by atoms with van der Waals surface area (Å²) in [6.45, 7) is 6.65. The van der Waals surface area contributed by atoms with E-state index in [0.717, 1.165) is 11.9 Å². The summed E-state index contributed by atoms with van der Waals surface area (Å²) in [5.74, 6) is 1.22. The number of benzene rings is 1. The van der Waals surface area contributed by atoms with Crippen molar-refractivity contribution in [3.8, 4) is 0 Å². The second-order valence-corrected chi connectivity index (χ2v) is 6.25. The molecule has 1 unspecified atom stereocenters. The molecule has 0 aliphatic heterocycles. The maximum absolute atomic E-state index is 4.83. The summed E-state index contributed by atoms with van der Waals surface area (Å²) < 4.78 is 0. The summed E-state index contributed by atoms with van der Waals surface area (Å²) in [4.78, 5) is 4.83. The summed E-state index contributed by atoms with van der Waals surface area (Å²) >= 11 is 0. The largest absolute Gasteiger partial charge is 0.253 e. The highest BCUT2D eigenvalue weighted by Gasteiger charge is 2.16. The summed E-state index contributed by atoms with van der Waals surface area (Å²) in [6, 6.07) is 9.08. The van der Waals surface area contributed by atoms with E-state index >= 15 is 0 Å². The van der Waals surface area contributed by atoms with E-state index in [4.69, 9.17) is 4.98 Å². The standard InChI is InChI=1S/C19H23N/c1-13(2)16-9-10-19-17(11-16)12-18(14(3)20-19)15-7-5-4-6-8-15/h4-5,9-13,15H,6-8H2,1-3H3. The van der Waals surface area contributed by atoms with E-state index in [1.165, 1.54) is 35.0 Å². The smallest absolute Gasteiger partial charge is 0.0705 e. The van der Waals surface area contributed by atoms with Crippen LogP contribution in [-0.4, -0.2) is 4.98 Å². The van der Waals surface area contributed by atoms with Crippen LogP contribution in [-0.2, 0) is 0 Å². The SMILES string of the molecule is Cc1nc2ccc(C(C)C)cc2cc1C1CC=CCC1. The Kier molecular flexibility index (Phi) is 3.60. The zero-order valence-electron chi connectivity index (χ0n) is 12.7. The molecule has 0 saturated carbocycles. The predicted molar refractivity (Wildman–Crippen MR) is 86.3 cm³/mol. The molecule has 1 nitrogen and oxygen atoms in total. The van der Waals surface area contributed by atoms with Crippen molar-refractivity contribution in [2.45, 2.75) is 51.9 Å². The lowest BCUT2D eigenvalue weighted by atomic mass is 9.86. The molecular formula is C19H23N. The molecule has 1 atom stereocenters. The van der Waals surface area contributed by atoms with Gasteiger partial charge in [0.15, 0.2) is 0 Å². The Morgan fingerprint density at radius 3 is 2.70 bits per heavy atom. The van der Waals surface area contributed by atoms with Crippen molar-refractivity contribution < 1.29 is 0 Å². The van der Waals surface area contributed by atoms with E-state index in [9.17, 15) is 0 Å². The van der Waals surface area contributed by atoms with Crippen molar-refractivity contribution >= 4 is 10.9 Å². The normalized spacial score (nSPS) is 18.9. The van der Waals surface area contributed by atoms with Crippen molar-refractivity contribution in [1.82, 2.24) is 4.98 Å². The number of nitrogens with zero attached hydrogens (tertiary/aromatic N) is 1. The fourth-order valence-electron chi connectivity index (χ4n) is 3.16. The van der Waals surface area contributed by atoms with Gasteiger partial charge in [-0.15, -0.1) is 0 Å². The van der Waals surface area contributed by atoms with Crippen LogP contribution in [0, 0.1) is 6.92 Å². The van der Waals surface area contributed by atoms with E-state index < -0.39 is 0 Å². The van der Waals surface area contributed by atoms with Crippen LogP contribution in [0.25, 0.3) is 10.9 Å². The van der Waals surface area contributed by atoms with Gasteiger partial charge in [0.25, 0.3) is 0 Å². The fraction of sp³-hybridized carbons (Fsp3) is 0.421. The zero-order chi connectivity index (χ0) is 14.1. The van der Waals surface area contributed by atoms with E-state index in [2.05, 4.69) is 57.2 Å². The topological polar surface area (TPSA) is 12.9 Å². The van der Waals surface area contributed by atoms with Gasteiger partial charge in [0.05, 0.1) is 5.52 Å². The molecule has 1 aromatic carbocycles. The number of fused-ring (bicyclic) bond motifs is 1. The average molecular weight is 265 g/mol. The fourth-order valence-corrected chi connectivity index (χ4v) is 3.16. The molecular weight excluding hydrogens is 242 g/mol. The van der Waals surface area contributed by atoms with Gasteiger partial charge < -0.3 is 0 Å². The van der Waals surface area contributed by atoms with Crippen LogP contribution < -0.4 is 0 Å². The molecule has 1 aliphatic rings. The Morgan fingerprint density at radius 1 is 1.15 bits per heavy atom. The number of rotatable bonds is 2. The third-order valence-electron chi connectivity index (χ3n) is 4.44. The lowest BCUT2D eigenvalue weighted by molar-refractivity contribution is 0.612. The van der Waals surface area contributed by atoms with Gasteiger partial charge in [-0.3, -0.25) is 4.98 Å². The Labute approximate surface area is 121 Å². The number of aryl methyl sites for hydroxylation is 1. The highest BCUT2D eigenvalue weighted by Crippen LogP contribution is 2.33. The molecule has 0 spiro atoms. The molecule has 0 radical (unpaired) electrons. The van der Waals surface area contributed by atoms with Crippen LogP contribution in [0.4, 0.5) is 0 Å². The minimum absolute atomic E-state index is 0.571. The lowest BCUT2D eigenvalue weighted by Gasteiger charge is -2.20. The molecule has 0 N–H and O–H groups in total. The molecule has 2 aromatic rings. The molecule has 1 heterocycles. The van der Waals surface area contributed by atoms with E-state index in [-0.39, 0.29) is 0 Å². The van der Waals surface area contributed by atoms with E-state index in [0.29, 0.717) is 11.8 Å². The van der Waals surface area contributed by atoms with Gasteiger partial charge in [-0.1, -0.05) is 32.1 Å². The maximum Gasteiger partial charge on any atom is 0.0705 e. The quantitative estimate of drug-likeness (QED) is 0.654. The van der Waals surface area contributed by atoms with Gasteiger partial charge in [0.2, 0.25) is 0 Å². The van der Waals surface area contributed by atoms with Gasteiger partial charge in [-0.2, -0.15) is 0 Å². The lowest BCUT2D eigenvalue weighted by Crippen LogP contribution is -2.04. The molecule has 1 aromatic heterocycles.